The molecular formula is C19H22O7. The number of hydrogen-bond acceptors (Lipinski definition) is 6. The summed E-state index contributed by atoms with van der Waals surface area (Å²) in [6.07, 6.45) is 5.69. The van der Waals surface area contributed by atoms with Crippen molar-refractivity contribution in [3.63, 3.8) is 0 Å². The number of hydrogen-bond donors (Lipinski definition) is 1. The standard InChI is InChI=1S/C19H22O7/c1-19(17(21)22,12-7-5-4-6-8-12)18(23)26-16(20)14-11-13(24-2)9-10-15(14)25-3/h5,7,9-12H,4,6,8H2,1-3H3,(H,21,22). The number of carbonyl (C=O) groups is 3. The van der Waals surface area contributed by atoms with Crippen LogP contribution in [0.2, 0.25) is 0 Å². The summed E-state index contributed by atoms with van der Waals surface area (Å²) in [6.45, 7) is 1.29. The zero-order chi connectivity index (χ0) is 19.3. The number of benzene rings is 1. The summed E-state index contributed by atoms with van der Waals surface area (Å²) in [5, 5.41) is 9.63. The van der Waals surface area contributed by atoms with E-state index in [1.165, 1.54) is 33.3 Å². The van der Waals surface area contributed by atoms with Crippen molar-refractivity contribution in [2.75, 3.05) is 14.2 Å². The molecule has 0 fully saturated rings. The second-order valence-electron chi connectivity index (χ2n) is 6.22. The van der Waals surface area contributed by atoms with Crippen LogP contribution < -0.4 is 9.47 Å². The summed E-state index contributed by atoms with van der Waals surface area (Å²) >= 11 is 0. The number of rotatable bonds is 6. The van der Waals surface area contributed by atoms with Gasteiger partial charge in [0.1, 0.15) is 17.1 Å². The first kappa shape index (κ1) is 19.5. The Morgan fingerprint density at radius 3 is 2.46 bits per heavy atom. The van der Waals surface area contributed by atoms with Crippen LogP contribution in [0.25, 0.3) is 0 Å². The molecule has 7 heteroatoms. The summed E-state index contributed by atoms with van der Waals surface area (Å²) in [6, 6.07) is 4.46. The highest BCUT2D eigenvalue weighted by atomic mass is 16.6. The molecule has 0 bridgehead atoms. The van der Waals surface area contributed by atoms with Gasteiger partial charge in [-0.2, -0.15) is 0 Å². The van der Waals surface area contributed by atoms with Gasteiger partial charge in [0.2, 0.25) is 0 Å². The van der Waals surface area contributed by atoms with Gasteiger partial charge >= 0.3 is 17.9 Å². The van der Waals surface area contributed by atoms with Gasteiger partial charge in [0, 0.05) is 5.92 Å². The topological polar surface area (TPSA) is 99.1 Å². The van der Waals surface area contributed by atoms with Crippen molar-refractivity contribution in [3.05, 3.63) is 35.9 Å². The maximum absolute atomic E-state index is 12.6. The fourth-order valence-electron chi connectivity index (χ4n) is 2.91. The monoisotopic (exact) mass is 362 g/mol. The average Bonchev–Trinajstić information content (AvgIpc) is 2.66. The van der Waals surface area contributed by atoms with Crippen molar-refractivity contribution in [1.82, 2.24) is 0 Å². The Morgan fingerprint density at radius 2 is 1.92 bits per heavy atom. The molecule has 2 atom stereocenters. The van der Waals surface area contributed by atoms with Gasteiger partial charge in [-0.3, -0.25) is 9.59 Å². The van der Waals surface area contributed by atoms with Gasteiger partial charge in [0.15, 0.2) is 5.41 Å². The molecular weight excluding hydrogens is 340 g/mol. The number of carboxylic acid groups (broad SMARTS) is 1. The molecule has 1 aliphatic rings. The van der Waals surface area contributed by atoms with Gasteiger partial charge in [-0.25, -0.2) is 4.79 Å². The van der Waals surface area contributed by atoms with Crippen LogP contribution in [0.5, 0.6) is 11.5 Å². The van der Waals surface area contributed by atoms with Crippen molar-refractivity contribution in [2.45, 2.75) is 26.2 Å². The molecule has 1 N–H and O–H groups in total. The zero-order valence-corrected chi connectivity index (χ0v) is 15.0. The van der Waals surface area contributed by atoms with E-state index in [9.17, 15) is 19.5 Å². The number of carbonyl (C=O) groups excluding carboxylic acids is 2. The number of ether oxygens (including phenoxy) is 3. The predicted octanol–water partition coefficient (Wildman–Crippen LogP) is 2.83. The fourth-order valence-corrected chi connectivity index (χ4v) is 2.91. The third kappa shape index (κ3) is 3.71. The second-order valence-corrected chi connectivity index (χ2v) is 6.22. The molecule has 7 nitrogen and oxygen atoms in total. The van der Waals surface area contributed by atoms with Gasteiger partial charge < -0.3 is 19.3 Å². The molecule has 0 saturated heterocycles. The Bertz CT molecular complexity index is 737. The second kappa shape index (κ2) is 8.03. The van der Waals surface area contributed by atoms with Gasteiger partial charge in [0.25, 0.3) is 0 Å². The first-order valence-electron chi connectivity index (χ1n) is 8.23. The lowest BCUT2D eigenvalue weighted by atomic mass is 9.72. The number of methoxy groups -OCH3 is 2. The fraction of sp³-hybridized carbons (Fsp3) is 0.421. The van der Waals surface area contributed by atoms with Crippen molar-refractivity contribution in [2.24, 2.45) is 11.3 Å². The Kier molecular flexibility index (Phi) is 6.02. The van der Waals surface area contributed by atoms with E-state index in [2.05, 4.69) is 0 Å². The number of aliphatic carboxylic acids is 1. The van der Waals surface area contributed by atoms with E-state index in [1.807, 2.05) is 6.08 Å². The van der Waals surface area contributed by atoms with E-state index in [4.69, 9.17) is 14.2 Å². The van der Waals surface area contributed by atoms with Crippen LogP contribution in [0.4, 0.5) is 0 Å². The predicted molar refractivity (Wildman–Crippen MR) is 92.2 cm³/mol. The molecule has 0 radical (unpaired) electrons. The van der Waals surface area contributed by atoms with Crippen LogP contribution in [-0.2, 0) is 14.3 Å². The van der Waals surface area contributed by atoms with Crippen molar-refractivity contribution < 1.29 is 33.7 Å². The highest BCUT2D eigenvalue weighted by molar-refractivity contribution is 6.06. The van der Waals surface area contributed by atoms with Crippen LogP contribution in [-0.4, -0.2) is 37.2 Å². The zero-order valence-electron chi connectivity index (χ0n) is 15.0. The molecule has 2 unspecified atom stereocenters. The van der Waals surface area contributed by atoms with Gasteiger partial charge in [-0.05, 0) is 44.4 Å². The van der Waals surface area contributed by atoms with Crippen LogP contribution in [0.15, 0.2) is 30.4 Å². The van der Waals surface area contributed by atoms with Gasteiger partial charge in [-0.1, -0.05) is 12.2 Å². The molecule has 1 aliphatic carbocycles. The molecule has 0 heterocycles. The SMILES string of the molecule is COc1ccc(OC)c(C(=O)OC(=O)C(C)(C(=O)O)C2C=CCCC2)c1. The minimum absolute atomic E-state index is 0.0212. The largest absolute Gasteiger partial charge is 0.497 e. The Hall–Kier alpha value is -2.83. The Balaban J connectivity index is 2.29. The van der Waals surface area contributed by atoms with E-state index in [-0.39, 0.29) is 11.3 Å². The number of carboxylic acids is 1. The quantitative estimate of drug-likeness (QED) is 0.472. The highest BCUT2D eigenvalue weighted by Crippen LogP contribution is 2.37. The molecule has 2 rings (SSSR count). The van der Waals surface area contributed by atoms with Crippen LogP contribution in [0.3, 0.4) is 0 Å². The summed E-state index contributed by atoms with van der Waals surface area (Å²) in [5.74, 6) is -3.39. The minimum Gasteiger partial charge on any atom is -0.497 e. The van der Waals surface area contributed by atoms with Crippen LogP contribution >= 0.6 is 0 Å². The summed E-state index contributed by atoms with van der Waals surface area (Å²) in [7, 11) is 2.80. The molecule has 0 aromatic heterocycles. The number of esters is 2. The molecule has 0 spiro atoms. The molecule has 0 aliphatic heterocycles. The van der Waals surface area contributed by atoms with E-state index < -0.39 is 29.2 Å². The first-order chi connectivity index (χ1) is 12.3. The third-order valence-corrected chi connectivity index (χ3v) is 4.68. The molecule has 1 aromatic carbocycles. The lowest BCUT2D eigenvalue weighted by Crippen LogP contribution is -2.45. The smallest absolute Gasteiger partial charge is 0.349 e. The minimum atomic E-state index is -1.85. The highest BCUT2D eigenvalue weighted by Gasteiger charge is 2.50. The molecule has 0 saturated carbocycles. The van der Waals surface area contributed by atoms with E-state index in [0.29, 0.717) is 12.2 Å². The lowest BCUT2D eigenvalue weighted by Gasteiger charge is -2.31. The summed E-state index contributed by atoms with van der Waals surface area (Å²) in [5.41, 5.74) is -1.87. The molecule has 26 heavy (non-hydrogen) atoms. The van der Waals surface area contributed by atoms with Gasteiger partial charge in [-0.15, -0.1) is 0 Å². The summed E-state index contributed by atoms with van der Waals surface area (Å²) < 4.78 is 15.1. The average molecular weight is 362 g/mol. The maximum atomic E-state index is 12.6. The molecule has 0 amide bonds. The molecule has 1 aromatic rings. The third-order valence-electron chi connectivity index (χ3n) is 4.68. The Labute approximate surface area is 151 Å². The van der Waals surface area contributed by atoms with Crippen molar-refractivity contribution >= 4 is 17.9 Å². The van der Waals surface area contributed by atoms with Crippen molar-refractivity contribution in [3.8, 4) is 11.5 Å². The molecule has 140 valence electrons. The van der Waals surface area contributed by atoms with Crippen LogP contribution in [0.1, 0.15) is 36.5 Å². The van der Waals surface area contributed by atoms with E-state index in [1.54, 1.807) is 12.1 Å². The van der Waals surface area contributed by atoms with Crippen molar-refractivity contribution in [1.29, 1.82) is 0 Å². The van der Waals surface area contributed by atoms with Gasteiger partial charge in [0.05, 0.1) is 14.2 Å². The lowest BCUT2D eigenvalue weighted by molar-refractivity contribution is -0.166. The first-order valence-corrected chi connectivity index (χ1v) is 8.23. The van der Waals surface area contributed by atoms with E-state index in [0.717, 1.165) is 12.8 Å². The van der Waals surface area contributed by atoms with Crippen LogP contribution in [0, 0.1) is 11.3 Å². The number of allylic oxidation sites excluding steroid dienone is 2. The van der Waals surface area contributed by atoms with E-state index >= 15 is 0 Å². The Morgan fingerprint density at radius 1 is 1.19 bits per heavy atom. The maximum Gasteiger partial charge on any atom is 0.349 e. The normalized spacial score (nSPS) is 18.5. The summed E-state index contributed by atoms with van der Waals surface area (Å²) in [4.78, 5) is 36.9.